The zero-order valence-electron chi connectivity index (χ0n) is 12.7. The number of aromatic carboxylic acids is 1. The van der Waals surface area contributed by atoms with Crippen LogP contribution in [0.1, 0.15) is 39.9 Å². The van der Waals surface area contributed by atoms with Gasteiger partial charge < -0.3 is 10.4 Å². The molecule has 0 spiro atoms. The van der Waals surface area contributed by atoms with Crippen molar-refractivity contribution in [3.63, 3.8) is 0 Å². The molecule has 2 N–H and O–H groups in total. The smallest absolute Gasteiger partial charge is 0.335 e. The Morgan fingerprint density at radius 2 is 2.04 bits per heavy atom. The van der Waals surface area contributed by atoms with Gasteiger partial charge in [0.15, 0.2) is 0 Å². The van der Waals surface area contributed by atoms with Gasteiger partial charge in [0.2, 0.25) is 0 Å². The van der Waals surface area contributed by atoms with Crippen LogP contribution in [0.2, 0.25) is 0 Å². The number of fused-ring (bicyclic) bond motifs is 3. The van der Waals surface area contributed by atoms with Gasteiger partial charge >= 0.3 is 5.97 Å². The summed E-state index contributed by atoms with van der Waals surface area (Å²) in [5.74, 6) is -0.269. The van der Waals surface area contributed by atoms with Crippen molar-refractivity contribution in [1.29, 1.82) is 0 Å². The molecular weight excluding hydrogens is 434 g/mol. The lowest BCUT2D eigenvalue weighted by Gasteiger charge is -2.38. The molecule has 1 aliphatic carbocycles. The van der Waals surface area contributed by atoms with E-state index in [2.05, 4.69) is 67.5 Å². The zero-order valence-corrected chi connectivity index (χ0v) is 15.8. The molecule has 3 nitrogen and oxygen atoms in total. The van der Waals surface area contributed by atoms with Crippen LogP contribution in [-0.2, 0) is 0 Å². The van der Waals surface area contributed by atoms with Crippen molar-refractivity contribution in [2.45, 2.75) is 18.4 Å². The number of halogens is 2. The van der Waals surface area contributed by atoms with Gasteiger partial charge in [0.05, 0.1) is 17.3 Å². The molecule has 0 amide bonds. The molecule has 1 heterocycles. The summed E-state index contributed by atoms with van der Waals surface area (Å²) in [4.78, 5) is 11.4. The van der Waals surface area contributed by atoms with E-state index in [9.17, 15) is 9.90 Å². The Bertz CT molecular complexity index is 862. The van der Waals surface area contributed by atoms with Crippen LogP contribution in [0.15, 0.2) is 57.5 Å². The second kappa shape index (κ2) is 6.05. The minimum Gasteiger partial charge on any atom is -0.478 e. The number of hydrogen-bond donors (Lipinski definition) is 2. The van der Waals surface area contributed by atoms with Gasteiger partial charge in [-0.15, -0.1) is 0 Å². The number of hydrogen-bond acceptors (Lipinski definition) is 2. The van der Waals surface area contributed by atoms with E-state index in [4.69, 9.17) is 0 Å². The third kappa shape index (κ3) is 2.60. The van der Waals surface area contributed by atoms with E-state index in [1.807, 2.05) is 6.07 Å². The molecule has 0 saturated carbocycles. The molecule has 2 aromatic carbocycles. The molecule has 2 aliphatic rings. The maximum absolute atomic E-state index is 11.4. The maximum Gasteiger partial charge on any atom is 0.335 e. The van der Waals surface area contributed by atoms with Crippen molar-refractivity contribution < 1.29 is 9.90 Å². The minimum absolute atomic E-state index is 0.196. The molecule has 0 saturated heterocycles. The quantitative estimate of drug-likeness (QED) is 0.576. The predicted molar refractivity (Wildman–Crippen MR) is 102 cm³/mol. The number of carboxylic acids is 1. The van der Waals surface area contributed by atoms with Crippen molar-refractivity contribution >= 4 is 43.5 Å². The van der Waals surface area contributed by atoms with Crippen LogP contribution in [0.4, 0.5) is 5.69 Å². The van der Waals surface area contributed by atoms with Crippen LogP contribution in [-0.4, -0.2) is 11.1 Å². The maximum atomic E-state index is 11.4. The Morgan fingerprint density at radius 1 is 1.21 bits per heavy atom. The lowest BCUT2D eigenvalue weighted by atomic mass is 9.76. The van der Waals surface area contributed by atoms with Gasteiger partial charge in [0, 0.05) is 14.9 Å². The summed E-state index contributed by atoms with van der Waals surface area (Å²) in [6, 6.07) is 12.0. The number of nitrogens with one attached hydrogen (secondary N) is 1. The standard InChI is InChI=1S/C19H15Br2NO2/c20-12-4-1-3-10(7-12)17-14-6-2-5-13(14)15-8-11(19(23)24)9-16(21)18(15)22-17/h1-5,7-9,13-14,17,22H,6H2,(H,23,24)/t13-,14-,17+/m0/s1. The summed E-state index contributed by atoms with van der Waals surface area (Å²) in [5, 5.41) is 13.0. The summed E-state index contributed by atoms with van der Waals surface area (Å²) >= 11 is 7.11. The first kappa shape index (κ1) is 15.9. The molecule has 3 atom stereocenters. The summed E-state index contributed by atoms with van der Waals surface area (Å²) in [6.07, 6.45) is 5.41. The van der Waals surface area contributed by atoms with Gasteiger partial charge in [0.1, 0.15) is 0 Å². The van der Waals surface area contributed by atoms with E-state index >= 15 is 0 Å². The van der Waals surface area contributed by atoms with Crippen molar-refractivity contribution in [2.24, 2.45) is 5.92 Å². The molecule has 1 aliphatic heterocycles. The fourth-order valence-corrected chi connectivity index (χ4v) is 4.82. The van der Waals surface area contributed by atoms with Gasteiger partial charge in [0.25, 0.3) is 0 Å². The molecule has 2 aromatic rings. The Morgan fingerprint density at radius 3 is 2.79 bits per heavy atom. The molecule has 0 radical (unpaired) electrons. The van der Waals surface area contributed by atoms with Gasteiger partial charge in [-0.25, -0.2) is 4.79 Å². The predicted octanol–water partition coefficient (Wildman–Crippen LogP) is 5.74. The van der Waals surface area contributed by atoms with Crippen molar-refractivity contribution in [3.8, 4) is 0 Å². The second-order valence-electron chi connectivity index (χ2n) is 6.26. The van der Waals surface area contributed by atoms with Crippen LogP contribution in [0.3, 0.4) is 0 Å². The first-order valence-electron chi connectivity index (χ1n) is 7.80. The Hall–Kier alpha value is -1.59. The van der Waals surface area contributed by atoms with Crippen LogP contribution in [0.5, 0.6) is 0 Å². The minimum atomic E-state index is -0.897. The lowest BCUT2D eigenvalue weighted by Crippen LogP contribution is -2.29. The lowest BCUT2D eigenvalue weighted by molar-refractivity contribution is 0.0696. The Labute approximate surface area is 157 Å². The molecule has 0 unspecified atom stereocenters. The summed E-state index contributed by atoms with van der Waals surface area (Å²) in [6.45, 7) is 0. The van der Waals surface area contributed by atoms with Crippen molar-refractivity contribution in [1.82, 2.24) is 0 Å². The molecule has 122 valence electrons. The normalized spacial score (nSPS) is 24.2. The first-order valence-corrected chi connectivity index (χ1v) is 9.38. The fourth-order valence-electron chi connectivity index (χ4n) is 3.81. The molecule has 24 heavy (non-hydrogen) atoms. The van der Waals surface area contributed by atoms with Gasteiger partial charge in [-0.05, 0) is 63.7 Å². The molecule has 0 bridgehead atoms. The SMILES string of the molecule is O=C(O)c1cc(Br)c2c(c1)[C@H]1C=CC[C@@H]1[C@@H](c1cccc(Br)c1)N2. The average molecular weight is 449 g/mol. The number of anilines is 1. The number of benzene rings is 2. The highest BCUT2D eigenvalue weighted by atomic mass is 79.9. The average Bonchev–Trinajstić information content (AvgIpc) is 3.04. The highest BCUT2D eigenvalue weighted by Crippen LogP contribution is 2.52. The number of allylic oxidation sites excluding steroid dienone is 2. The largest absolute Gasteiger partial charge is 0.478 e. The summed E-state index contributed by atoms with van der Waals surface area (Å²) in [7, 11) is 0. The highest BCUT2D eigenvalue weighted by molar-refractivity contribution is 9.10. The van der Waals surface area contributed by atoms with E-state index in [1.54, 1.807) is 12.1 Å². The summed E-state index contributed by atoms with van der Waals surface area (Å²) < 4.78 is 1.87. The van der Waals surface area contributed by atoms with E-state index in [1.165, 1.54) is 5.56 Å². The highest BCUT2D eigenvalue weighted by Gasteiger charge is 2.39. The molecule has 4 rings (SSSR count). The molecule has 5 heteroatoms. The third-order valence-corrected chi connectivity index (χ3v) is 5.99. The number of carbonyl (C=O) groups is 1. The topological polar surface area (TPSA) is 49.3 Å². The number of rotatable bonds is 2. The molecule has 0 aromatic heterocycles. The monoisotopic (exact) mass is 447 g/mol. The fraction of sp³-hybridized carbons (Fsp3) is 0.211. The van der Waals surface area contributed by atoms with E-state index in [-0.39, 0.29) is 12.0 Å². The van der Waals surface area contributed by atoms with Crippen LogP contribution in [0, 0.1) is 5.92 Å². The van der Waals surface area contributed by atoms with E-state index in [0.29, 0.717) is 11.5 Å². The van der Waals surface area contributed by atoms with E-state index in [0.717, 1.165) is 26.6 Å². The summed E-state index contributed by atoms with van der Waals surface area (Å²) in [5.41, 5.74) is 3.62. The third-order valence-electron chi connectivity index (χ3n) is 4.88. The zero-order chi connectivity index (χ0) is 16.8. The van der Waals surface area contributed by atoms with Crippen LogP contribution in [0.25, 0.3) is 0 Å². The van der Waals surface area contributed by atoms with Gasteiger partial charge in [-0.2, -0.15) is 0 Å². The molecule has 0 fully saturated rings. The Balaban J connectivity index is 1.83. The first-order chi connectivity index (χ1) is 11.5. The second-order valence-corrected chi connectivity index (χ2v) is 8.03. The Kier molecular flexibility index (Phi) is 4.01. The van der Waals surface area contributed by atoms with E-state index < -0.39 is 5.97 Å². The van der Waals surface area contributed by atoms with Crippen molar-refractivity contribution in [3.05, 3.63) is 74.2 Å². The molecular formula is C19H15Br2NO2. The van der Waals surface area contributed by atoms with Crippen LogP contribution >= 0.6 is 31.9 Å². The van der Waals surface area contributed by atoms with Crippen molar-refractivity contribution in [2.75, 3.05) is 5.32 Å². The van der Waals surface area contributed by atoms with Gasteiger partial charge in [-0.3, -0.25) is 0 Å². The van der Waals surface area contributed by atoms with Crippen LogP contribution < -0.4 is 5.32 Å². The van der Waals surface area contributed by atoms with Gasteiger partial charge in [-0.1, -0.05) is 40.2 Å². The number of carboxylic acid groups (broad SMARTS) is 1.